The Morgan fingerprint density at radius 2 is 1.45 bits per heavy atom. The molecule has 1 aromatic rings. The van der Waals surface area contributed by atoms with Gasteiger partial charge in [-0.05, 0) is 37.8 Å². The van der Waals surface area contributed by atoms with Gasteiger partial charge >= 0.3 is 0 Å². The molecule has 1 unspecified atom stereocenters. The van der Waals surface area contributed by atoms with Crippen molar-refractivity contribution in [2.45, 2.75) is 77.6 Å². The van der Waals surface area contributed by atoms with Crippen molar-refractivity contribution in [2.75, 3.05) is 20.8 Å². The summed E-state index contributed by atoms with van der Waals surface area (Å²) in [5.74, 6) is -7.97. The minimum atomic E-state index is -1.80. The largest absolute Gasteiger partial charge is 0.331 e. The molecule has 29 heavy (non-hydrogen) atoms. The summed E-state index contributed by atoms with van der Waals surface area (Å²) in [5.41, 5.74) is -0.216. The number of hydrogen-bond donors (Lipinski definition) is 0. The van der Waals surface area contributed by atoms with Gasteiger partial charge in [0.2, 0.25) is 0 Å². The predicted molar refractivity (Wildman–Crippen MR) is 104 cm³/mol. The Morgan fingerprint density at radius 3 is 2.03 bits per heavy atom. The van der Waals surface area contributed by atoms with Crippen LogP contribution >= 0.6 is 0 Å². The van der Waals surface area contributed by atoms with Crippen LogP contribution < -0.4 is 0 Å². The second-order valence-electron chi connectivity index (χ2n) is 7.20. The number of unbranched alkanes of at least 4 members (excludes halogenated alkanes) is 5. The first-order chi connectivity index (χ1) is 13.9. The third-order valence-corrected chi connectivity index (χ3v) is 5.26. The van der Waals surface area contributed by atoms with E-state index in [2.05, 4.69) is 6.92 Å². The topological polar surface area (TPSA) is 27.7 Å². The average molecular weight is 423 g/mol. The highest BCUT2D eigenvalue weighted by Crippen LogP contribution is 2.33. The van der Waals surface area contributed by atoms with Gasteiger partial charge in [0, 0.05) is 26.7 Å². The summed E-state index contributed by atoms with van der Waals surface area (Å²) in [6.07, 6.45) is 7.56. The lowest BCUT2D eigenvalue weighted by Crippen LogP contribution is -2.45. The number of benzene rings is 1. The van der Waals surface area contributed by atoms with Gasteiger partial charge in [-0.2, -0.15) is 0 Å². The molecule has 0 radical (unpaired) electrons. The standard InChI is InChI=1S/C22H34F4O3/c1-5-7-8-9-10-11-12-17(22(27-3,28-4)29-6-2)14-13-16-15-18(23)20(25)21(26)19(16)24/h15,17H,5-14H2,1-4H3. The normalized spacial score (nSPS) is 13.1. The first-order valence-corrected chi connectivity index (χ1v) is 10.4. The summed E-state index contributed by atoms with van der Waals surface area (Å²) in [7, 11) is 2.93. The van der Waals surface area contributed by atoms with Crippen LogP contribution in [0.4, 0.5) is 17.6 Å². The van der Waals surface area contributed by atoms with E-state index < -0.39 is 29.2 Å². The van der Waals surface area contributed by atoms with Crippen molar-refractivity contribution in [3.63, 3.8) is 0 Å². The molecule has 0 aliphatic rings. The van der Waals surface area contributed by atoms with Gasteiger partial charge in [-0.1, -0.05) is 45.4 Å². The van der Waals surface area contributed by atoms with Crippen molar-refractivity contribution in [1.82, 2.24) is 0 Å². The van der Waals surface area contributed by atoms with Crippen LogP contribution in [0.2, 0.25) is 0 Å². The minimum absolute atomic E-state index is 0.00198. The Kier molecular flexibility index (Phi) is 11.8. The van der Waals surface area contributed by atoms with E-state index in [4.69, 9.17) is 14.2 Å². The molecule has 0 heterocycles. The van der Waals surface area contributed by atoms with Crippen molar-refractivity contribution in [2.24, 2.45) is 5.92 Å². The highest BCUT2D eigenvalue weighted by atomic mass is 19.2. The van der Waals surface area contributed by atoms with Crippen LogP contribution in [0.15, 0.2) is 6.07 Å². The summed E-state index contributed by atoms with van der Waals surface area (Å²) < 4.78 is 71.1. The highest BCUT2D eigenvalue weighted by molar-refractivity contribution is 5.22. The Bertz CT molecular complexity index is 606. The quantitative estimate of drug-likeness (QED) is 0.106. The minimum Gasteiger partial charge on any atom is -0.331 e. The summed E-state index contributed by atoms with van der Waals surface area (Å²) in [6.45, 7) is 4.30. The molecule has 7 heteroatoms. The summed E-state index contributed by atoms with van der Waals surface area (Å²) >= 11 is 0. The summed E-state index contributed by atoms with van der Waals surface area (Å²) in [6, 6.07) is 0.706. The van der Waals surface area contributed by atoms with Crippen molar-refractivity contribution >= 4 is 0 Å². The van der Waals surface area contributed by atoms with Crippen LogP contribution in [0.1, 0.15) is 70.8 Å². The maximum Gasteiger partial charge on any atom is 0.285 e. The fraction of sp³-hybridized carbons (Fsp3) is 0.727. The van der Waals surface area contributed by atoms with Crippen LogP contribution in [-0.4, -0.2) is 26.8 Å². The van der Waals surface area contributed by atoms with Crippen LogP contribution in [0.5, 0.6) is 0 Å². The number of aryl methyl sites for hydroxylation is 1. The van der Waals surface area contributed by atoms with Crippen molar-refractivity contribution in [1.29, 1.82) is 0 Å². The fourth-order valence-corrected chi connectivity index (χ4v) is 3.66. The number of ether oxygens (including phenoxy) is 3. The molecule has 0 spiro atoms. The Morgan fingerprint density at radius 1 is 0.828 bits per heavy atom. The van der Waals surface area contributed by atoms with Gasteiger partial charge < -0.3 is 14.2 Å². The van der Waals surface area contributed by atoms with E-state index in [1.54, 1.807) is 6.92 Å². The molecule has 1 aromatic carbocycles. The van der Waals surface area contributed by atoms with Crippen LogP contribution in [-0.2, 0) is 20.6 Å². The Balaban J connectivity index is 2.91. The molecule has 0 bridgehead atoms. The smallest absolute Gasteiger partial charge is 0.285 e. The Hall–Kier alpha value is -1.18. The van der Waals surface area contributed by atoms with Gasteiger partial charge in [-0.25, -0.2) is 17.6 Å². The first kappa shape index (κ1) is 25.9. The van der Waals surface area contributed by atoms with Gasteiger partial charge in [0.25, 0.3) is 5.97 Å². The lowest BCUT2D eigenvalue weighted by atomic mass is 9.91. The van der Waals surface area contributed by atoms with Gasteiger partial charge in [-0.15, -0.1) is 0 Å². The zero-order valence-corrected chi connectivity index (χ0v) is 18.0. The van der Waals surface area contributed by atoms with Crippen LogP contribution in [0.3, 0.4) is 0 Å². The average Bonchev–Trinajstić information content (AvgIpc) is 2.73. The monoisotopic (exact) mass is 422 g/mol. The lowest BCUT2D eigenvalue weighted by molar-refractivity contribution is -0.388. The molecule has 0 saturated carbocycles. The van der Waals surface area contributed by atoms with E-state index in [0.29, 0.717) is 25.5 Å². The van der Waals surface area contributed by atoms with Crippen molar-refractivity contribution < 1.29 is 31.8 Å². The molecule has 0 saturated heterocycles. The maximum atomic E-state index is 14.1. The second-order valence-corrected chi connectivity index (χ2v) is 7.20. The first-order valence-electron chi connectivity index (χ1n) is 10.4. The molecule has 0 aromatic heterocycles. The number of rotatable bonds is 15. The number of hydrogen-bond acceptors (Lipinski definition) is 3. The summed E-state index contributed by atoms with van der Waals surface area (Å²) in [4.78, 5) is 0. The SMILES string of the molecule is CCCCCCCCC(CCc1cc(F)c(F)c(F)c1F)C(OC)(OC)OCC. The van der Waals surface area contributed by atoms with Gasteiger partial charge in [0.1, 0.15) is 0 Å². The molecule has 1 rings (SSSR count). The fourth-order valence-electron chi connectivity index (χ4n) is 3.66. The molecule has 0 aliphatic carbocycles. The second kappa shape index (κ2) is 13.2. The van der Waals surface area contributed by atoms with E-state index in [-0.39, 0.29) is 17.9 Å². The third-order valence-electron chi connectivity index (χ3n) is 5.26. The zero-order valence-electron chi connectivity index (χ0n) is 18.0. The zero-order chi connectivity index (χ0) is 21.9. The molecule has 3 nitrogen and oxygen atoms in total. The number of halogens is 4. The van der Waals surface area contributed by atoms with Crippen molar-refractivity contribution in [3.8, 4) is 0 Å². The van der Waals surface area contributed by atoms with Gasteiger partial charge in [0.15, 0.2) is 23.3 Å². The highest BCUT2D eigenvalue weighted by Gasteiger charge is 2.40. The maximum absolute atomic E-state index is 14.1. The third kappa shape index (κ3) is 7.23. The van der Waals surface area contributed by atoms with Crippen molar-refractivity contribution in [3.05, 3.63) is 34.9 Å². The van der Waals surface area contributed by atoms with E-state index in [1.807, 2.05) is 0 Å². The van der Waals surface area contributed by atoms with Gasteiger partial charge in [-0.3, -0.25) is 0 Å². The molecular formula is C22H34F4O3. The number of methoxy groups -OCH3 is 2. The van der Waals surface area contributed by atoms with E-state index in [9.17, 15) is 17.6 Å². The molecule has 1 atom stereocenters. The predicted octanol–water partition coefficient (Wildman–Crippen LogP) is 6.53. The van der Waals surface area contributed by atoms with E-state index >= 15 is 0 Å². The molecule has 0 fully saturated rings. The van der Waals surface area contributed by atoms with E-state index in [0.717, 1.165) is 19.3 Å². The van der Waals surface area contributed by atoms with E-state index in [1.165, 1.54) is 33.5 Å². The molecule has 0 aliphatic heterocycles. The van der Waals surface area contributed by atoms with Gasteiger partial charge in [0.05, 0.1) is 0 Å². The van der Waals surface area contributed by atoms with Crippen LogP contribution in [0.25, 0.3) is 0 Å². The molecule has 0 N–H and O–H groups in total. The molecular weight excluding hydrogens is 388 g/mol. The van der Waals surface area contributed by atoms with Crippen LogP contribution in [0, 0.1) is 29.2 Å². The summed E-state index contributed by atoms with van der Waals surface area (Å²) in [5, 5.41) is 0. The molecule has 0 amide bonds. The Labute approximate surface area is 171 Å². The lowest BCUT2D eigenvalue weighted by Gasteiger charge is -2.37. The molecule has 168 valence electrons.